The molecule has 0 spiro atoms. The van der Waals surface area contributed by atoms with E-state index < -0.39 is 28.7 Å². The molecule has 6 nitrogen and oxygen atoms in total. The number of furan rings is 1. The molecule has 2 heterocycles. The molecule has 10 heteroatoms. The number of nitrogens with zero attached hydrogens (tertiary/aromatic N) is 1. The molecule has 1 unspecified atom stereocenters. The summed E-state index contributed by atoms with van der Waals surface area (Å²) < 4.78 is 51.9. The fourth-order valence-corrected chi connectivity index (χ4v) is 4.67. The molecule has 0 radical (unpaired) electrons. The zero-order valence-corrected chi connectivity index (χ0v) is 20.4. The molecule has 0 aliphatic rings. The normalized spacial score (nSPS) is 12.2. The SMILES string of the molecule is COc1ccccc1-c1nc(C(F)(F)F)c(C(=O)NC(C)c2cccc(NCCc3ccco3)c2)s1. The second kappa shape index (κ2) is 10.9. The molecule has 0 aliphatic carbocycles. The van der Waals surface area contributed by atoms with Crippen LogP contribution in [0.3, 0.4) is 0 Å². The maximum Gasteiger partial charge on any atom is 0.435 e. The number of rotatable bonds is 9. The monoisotopic (exact) mass is 515 g/mol. The standard InChI is InChI=1S/C26H24F3N3O3S/c1-16(17-7-5-8-18(15-17)30-13-12-19-9-6-14-35-19)31-24(33)22-23(26(27,28)29)32-25(36-22)20-10-3-4-11-21(20)34-2/h3-11,14-16,30H,12-13H2,1-2H3,(H,31,33). The Morgan fingerprint density at radius 2 is 1.94 bits per heavy atom. The second-order valence-electron chi connectivity index (χ2n) is 7.97. The van der Waals surface area contributed by atoms with Crippen molar-refractivity contribution in [3.05, 3.63) is 88.8 Å². The smallest absolute Gasteiger partial charge is 0.435 e. The number of methoxy groups -OCH3 is 1. The minimum atomic E-state index is -4.79. The zero-order valence-electron chi connectivity index (χ0n) is 19.6. The highest BCUT2D eigenvalue weighted by molar-refractivity contribution is 7.17. The van der Waals surface area contributed by atoms with E-state index in [1.807, 2.05) is 30.3 Å². The van der Waals surface area contributed by atoms with Crippen molar-refractivity contribution in [2.75, 3.05) is 19.0 Å². The van der Waals surface area contributed by atoms with Crippen LogP contribution in [0.5, 0.6) is 5.75 Å². The number of thiazole rings is 1. The first kappa shape index (κ1) is 25.3. The molecule has 0 fully saturated rings. The molecule has 2 aromatic heterocycles. The molecule has 2 aromatic carbocycles. The van der Waals surface area contributed by atoms with Gasteiger partial charge in [-0.2, -0.15) is 13.2 Å². The molecule has 4 rings (SSSR count). The summed E-state index contributed by atoms with van der Waals surface area (Å²) in [5.74, 6) is 0.387. The average Bonchev–Trinajstić information content (AvgIpc) is 3.54. The number of aromatic nitrogens is 1. The number of anilines is 1. The van der Waals surface area contributed by atoms with Crippen LogP contribution in [-0.4, -0.2) is 24.5 Å². The third-order valence-electron chi connectivity index (χ3n) is 5.45. The van der Waals surface area contributed by atoms with Gasteiger partial charge in [-0.05, 0) is 48.9 Å². The molecule has 0 saturated heterocycles. The number of ether oxygens (including phenoxy) is 1. The molecule has 0 saturated carbocycles. The van der Waals surface area contributed by atoms with Crippen molar-refractivity contribution in [3.8, 4) is 16.3 Å². The second-order valence-corrected chi connectivity index (χ2v) is 8.97. The fourth-order valence-electron chi connectivity index (χ4n) is 3.65. The Morgan fingerprint density at radius 1 is 1.14 bits per heavy atom. The lowest BCUT2D eigenvalue weighted by Gasteiger charge is -2.16. The van der Waals surface area contributed by atoms with Crippen LogP contribution >= 0.6 is 11.3 Å². The lowest BCUT2D eigenvalue weighted by Crippen LogP contribution is -2.28. The quantitative estimate of drug-likeness (QED) is 0.264. The van der Waals surface area contributed by atoms with Crippen LogP contribution in [0.4, 0.5) is 18.9 Å². The summed E-state index contributed by atoms with van der Waals surface area (Å²) in [5, 5.41) is 6.02. The van der Waals surface area contributed by atoms with E-state index in [1.54, 1.807) is 43.5 Å². The Hall–Kier alpha value is -3.79. The Bertz CT molecular complexity index is 1320. The van der Waals surface area contributed by atoms with Crippen LogP contribution < -0.4 is 15.4 Å². The van der Waals surface area contributed by atoms with Crippen molar-refractivity contribution in [2.24, 2.45) is 0 Å². The lowest BCUT2D eigenvalue weighted by atomic mass is 10.1. The van der Waals surface area contributed by atoms with Crippen LogP contribution in [0.25, 0.3) is 10.6 Å². The molecule has 0 bridgehead atoms. The maximum absolute atomic E-state index is 13.8. The van der Waals surface area contributed by atoms with E-state index >= 15 is 0 Å². The van der Waals surface area contributed by atoms with Crippen molar-refractivity contribution in [1.29, 1.82) is 0 Å². The van der Waals surface area contributed by atoms with Crippen LogP contribution in [0.2, 0.25) is 0 Å². The number of halogens is 3. The first-order valence-electron chi connectivity index (χ1n) is 11.1. The number of carbonyl (C=O) groups is 1. The lowest BCUT2D eigenvalue weighted by molar-refractivity contribution is -0.141. The van der Waals surface area contributed by atoms with Gasteiger partial charge in [0.15, 0.2) is 5.69 Å². The molecule has 0 aliphatic heterocycles. The first-order valence-corrected chi connectivity index (χ1v) is 12.0. The van der Waals surface area contributed by atoms with Crippen molar-refractivity contribution < 1.29 is 27.1 Å². The summed E-state index contributed by atoms with van der Waals surface area (Å²) in [6, 6.07) is 17.1. The highest BCUT2D eigenvalue weighted by Crippen LogP contribution is 2.40. The number of nitrogens with one attached hydrogen (secondary N) is 2. The fraction of sp³-hybridized carbons (Fsp3) is 0.231. The summed E-state index contributed by atoms with van der Waals surface area (Å²) in [7, 11) is 1.42. The van der Waals surface area contributed by atoms with Crippen molar-refractivity contribution in [3.63, 3.8) is 0 Å². The number of amides is 1. The van der Waals surface area contributed by atoms with Crippen LogP contribution in [0.15, 0.2) is 71.3 Å². The number of para-hydroxylation sites is 1. The average molecular weight is 516 g/mol. The third kappa shape index (κ3) is 5.88. The predicted molar refractivity (Wildman–Crippen MR) is 132 cm³/mol. The van der Waals surface area contributed by atoms with Gasteiger partial charge in [0.25, 0.3) is 5.91 Å². The topological polar surface area (TPSA) is 76.4 Å². The Kier molecular flexibility index (Phi) is 7.64. The third-order valence-corrected chi connectivity index (χ3v) is 6.54. The molecule has 1 atom stereocenters. The van der Waals surface area contributed by atoms with E-state index in [4.69, 9.17) is 9.15 Å². The van der Waals surface area contributed by atoms with E-state index in [-0.39, 0.29) is 5.01 Å². The minimum Gasteiger partial charge on any atom is -0.496 e. The molecule has 4 aromatic rings. The van der Waals surface area contributed by atoms with E-state index in [0.29, 0.717) is 35.6 Å². The Morgan fingerprint density at radius 3 is 2.67 bits per heavy atom. The largest absolute Gasteiger partial charge is 0.496 e. The number of hydrogen-bond donors (Lipinski definition) is 2. The highest BCUT2D eigenvalue weighted by atomic mass is 32.1. The zero-order chi connectivity index (χ0) is 25.7. The molecule has 188 valence electrons. The van der Waals surface area contributed by atoms with Gasteiger partial charge in [-0.15, -0.1) is 11.3 Å². The number of hydrogen-bond acceptors (Lipinski definition) is 6. The van der Waals surface area contributed by atoms with Crippen LogP contribution in [0.1, 0.15) is 39.7 Å². The van der Waals surface area contributed by atoms with Gasteiger partial charge in [0.1, 0.15) is 21.4 Å². The molecule has 2 N–H and O–H groups in total. The number of benzene rings is 2. The van der Waals surface area contributed by atoms with Crippen LogP contribution in [-0.2, 0) is 12.6 Å². The number of alkyl halides is 3. The Labute approximate surface area is 210 Å². The van der Waals surface area contributed by atoms with Crippen molar-refractivity contribution in [1.82, 2.24) is 10.3 Å². The van der Waals surface area contributed by atoms with E-state index in [1.165, 1.54) is 7.11 Å². The van der Waals surface area contributed by atoms with Crippen LogP contribution in [0, 0.1) is 0 Å². The highest BCUT2D eigenvalue weighted by Gasteiger charge is 2.40. The summed E-state index contributed by atoms with van der Waals surface area (Å²) in [6.45, 7) is 2.36. The predicted octanol–water partition coefficient (Wildman–Crippen LogP) is 6.58. The van der Waals surface area contributed by atoms with Gasteiger partial charge in [-0.25, -0.2) is 4.98 Å². The molecule has 36 heavy (non-hydrogen) atoms. The van der Waals surface area contributed by atoms with Gasteiger partial charge in [0.2, 0.25) is 0 Å². The van der Waals surface area contributed by atoms with Crippen molar-refractivity contribution >= 4 is 22.9 Å². The van der Waals surface area contributed by atoms with Gasteiger partial charge in [-0.1, -0.05) is 24.3 Å². The van der Waals surface area contributed by atoms with E-state index in [9.17, 15) is 18.0 Å². The summed E-state index contributed by atoms with van der Waals surface area (Å²) in [4.78, 5) is 16.3. The molecule has 1 amide bonds. The van der Waals surface area contributed by atoms with Gasteiger partial charge in [0.05, 0.1) is 25.0 Å². The molecular weight excluding hydrogens is 491 g/mol. The van der Waals surface area contributed by atoms with E-state index in [2.05, 4.69) is 15.6 Å². The number of carbonyl (C=O) groups excluding carboxylic acids is 1. The summed E-state index contributed by atoms with van der Waals surface area (Å²) in [6.07, 6.45) is -2.47. The van der Waals surface area contributed by atoms with E-state index in [0.717, 1.165) is 17.0 Å². The van der Waals surface area contributed by atoms with Crippen molar-refractivity contribution in [2.45, 2.75) is 25.6 Å². The van der Waals surface area contributed by atoms with Gasteiger partial charge in [0, 0.05) is 18.7 Å². The summed E-state index contributed by atoms with van der Waals surface area (Å²) in [5.41, 5.74) is 0.740. The maximum atomic E-state index is 13.8. The Balaban J connectivity index is 1.51. The summed E-state index contributed by atoms with van der Waals surface area (Å²) >= 11 is 0.683. The van der Waals surface area contributed by atoms with Gasteiger partial charge in [-0.3, -0.25) is 4.79 Å². The molecular formula is C26H24F3N3O3S. The minimum absolute atomic E-state index is 0.0559. The first-order chi connectivity index (χ1) is 17.3. The van der Waals surface area contributed by atoms with Gasteiger partial charge >= 0.3 is 6.18 Å². The van der Waals surface area contributed by atoms with Gasteiger partial charge < -0.3 is 19.8 Å².